The molecule has 132 valence electrons. The molecule has 9 heteroatoms. The largest absolute Gasteiger partial charge is 0.336 e. The SMILES string of the molecule is CC(C)[C@](C)(C#N)NC(=O)Cn1cc(S(=O)(=O)N(C)C)ccc1=O. The monoisotopic (exact) mass is 354 g/mol. The molecular formula is C15H22N4O4S. The van der Waals surface area contributed by atoms with Gasteiger partial charge in [-0.1, -0.05) is 13.8 Å². The Morgan fingerprint density at radius 3 is 2.46 bits per heavy atom. The van der Waals surface area contributed by atoms with Crippen LogP contribution in [-0.2, 0) is 21.4 Å². The lowest BCUT2D eigenvalue weighted by Crippen LogP contribution is -2.50. The minimum absolute atomic E-state index is 0.0909. The van der Waals surface area contributed by atoms with E-state index < -0.39 is 27.0 Å². The summed E-state index contributed by atoms with van der Waals surface area (Å²) in [6.07, 6.45) is 1.12. The number of carbonyl (C=O) groups excluding carboxylic acids is 1. The molecule has 0 saturated carbocycles. The lowest BCUT2D eigenvalue weighted by atomic mass is 9.90. The number of nitrogens with one attached hydrogen (secondary N) is 1. The van der Waals surface area contributed by atoms with Crippen LogP contribution in [0.15, 0.2) is 28.0 Å². The third-order valence-electron chi connectivity index (χ3n) is 3.83. The van der Waals surface area contributed by atoms with Gasteiger partial charge in [-0.25, -0.2) is 12.7 Å². The molecular weight excluding hydrogens is 332 g/mol. The topological polar surface area (TPSA) is 112 Å². The van der Waals surface area contributed by atoms with Crippen LogP contribution in [0.5, 0.6) is 0 Å². The molecule has 0 saturated heterocycles. The molecule has 1 rings (SSSR count). The van der Waals surface area contributed by atoms with Crippen LogP contribution in [0.25, 0.3) is 0 Å². The summed E-state index contributed by atoms with van der Waals surface area (Å²) in [4.78, 5) is 23.9. The molecule has 0 bridgehead atoms. The minimum atomic E-state index is -3.72. The zero-order chi connectivity index (χ0) is 18.7. The van der Waals surface area contributed by atoms with Gasteiger partial charge in [-0.3, -0.25) is 9.59 Å². The van der Waals surface area contributed by atoms with Crippen LogP contribution in [0.1, 0.15) is 20.8 Å². The van der Waals surface area contributed by atoms with Crippen LogP contribution >= 0.6 is 0 Å². The zero-order valence-electron chi connectivity index (χ0n) is 14.4. The van der Waals surface area contributed by atoms with Crippen LogP contribution < -0.4 is 10.9 Å². The summed E-state index contributed by atoms with van der Waals surface area (Å²) in [7, 11) is -0.969. The van der Waals surface area contributed by atoms with Gasteiger partial charge < -0.3 is 9.88 Å². The van der Waals surface area contributed by atoms with E-state index in [0.717, 1.165) is 21.1 Å². The maximum Gasteiger partial charge on any atom is 0.251 e. The summed E-state index contributed by atoms with van der Waals surface area (Å²) in [5.41, 5.74) is -1.58. The first-order chi connectivity index (χ1) is 10.9. The minimum Gasteiger partial charge on any atom is -0.336 e. The number of nitrogens with zero attached hydrogens (tertiary/aromatic N) is 3. The summed E-state index contributed by atoms with van der Waals surface area (Å²) >= 11 is 0. The van der Waals surface area contributed by atoms with Crippen molar-refractivity contribution in [1.82, 2.24) is 14.2 Å². The molecule has 0 aromatic carbocycles. The number of rotatable bonds is 6. The highest BCUT2D eigenvalue weighted by atomic mass is 32.2. The van der Waals surface area contributed by atoms with Gasteiger partial charge in [0.2, 0.25) is 15.9 Å². The number of pyridine rings is 1. The molecule has 1 atom stereocenters. The second kappa shape index (κ2) is 7.15. The van der Waals surface area contributed by atoms with Gasteiger partial charge in [0.1, 0.15) is 12.1 Å². The van der Waals surface area contributed by atoms with Gasteiger partial charge in [-0.2, -0.15) is 5.26 Å². The quantitative estimate of drug-likeness (QED) is 0.781. The Morgan fingerprint density at radius 1 is 1.42 bits per heavy atom. The van der Waals surface area contributed by atoms with E-state index in [4.69, 9.17) is 0 Å². The third kappa shape index (κ3) is 4.21. The molecule has 0 aliphatic heterocycles. The molecule has 0 spiro atoms. The van der Waals surface area contributed by atoms with Crippen LogP contribution in [0.4, 0.5) is 0 Å². The van der Waals surface area contributed by atoms with E-state index in [-0.39, 0.29) is 17.4 Å². The van der Waals surface area contributed by atoms with Crippen molar-refractivity contribution in [3.05, 3.63) is 28.7 Å². The van der Waals surface area contributed by atoms with Crippen molar-refractivity contribution in [1.29, 1.82) is 5.26 Å². The van der Waals surface area contributed by atoms with E-state index >= 15 is 0 Å². The number of carbonyl (C=O) groups is 1. The van der Waals surface area contributed by atoms with Crippen LogP contribution in [0.2, 0.25) is 0 Å². The molecule has 0 fully saturated rings. The summed E-state index contributed by atoms with van der Waals surface area (Å²) in [5.74, 6) is -0.683. The molecule has 0 radical (unpaired) electrons. The highest BCUT2D eigenvalue weighted by molar-refractivity contribution is 7.89. The number of sulfonamides is 1. The highest BCUT2D eigenvalue weighted by Gasteiger charge is 2.30. The molecule has 0 aliphatic carbocycles. The summed E-state index contributed by atoms with van der Waals surface area (Å²) in [6, 6.07) is 4.32. The van der Waals surface area contributed by atoms with Crippen LogP contribution in [0, 0.1) is 17.2 Å². The normalized spacial score (nSPS) is 14.2. The van der Waals surface area contributed by atoms with Crippen molar-refractivity contribution in [3.8, 4) is 6.07 Å². The predicted molar refractivity (Wildman–Crippen MR) is 88.6 cm³/mol. The molecule has 0 aliphatic rings. The average molecular weight is 354 g/mol. The zero-order valence-corrected chi connectivity index (χ0v) is 15.2. The molecule has 1 aromatic rings. The van der Waals surface area contributed by atoms with Gasteiger partial charge in [-0.05, 0) is 18.9 Å². The fourth-order valence-electron chi connectivity index (χ4n) is 1.78. The van der Waals surface area contributed by atoms with Gasteiger partial charge in [-0.15, -0.1) is 0 Å². The van der Waals surface area contributed by atoms with Gasteiger partial charge in [0.25, 0.3) is 5.56 Å². The van der Waals surface area contributed by atoms with Crippen molar-refractivity contribution in [2.75, 3.05) is 14.1 Å². The fourth-order valence-corrected chi connectivity index (χ4v) is 2.70. The molecule has 8 nitrogen and oxygen atoms in total. The first kappa shape index (κ1) is 19.9. The number of aromatic nitrogens is 1. The Labute approximate surface area is 141 Å². The van der Waals surface area contributed by atoms with E-state index in [0.29, 0.717) is 0 Å². The number of amides is 1. The summed E-state index contributed by atoms with van der Waals surface area (Å²) in [6.45, 7) is 4.80. The Balaban J connectivity index is 3.11. The fraction of sp³-hybridized carbons (Fsp3) is 0.533. The molecule has 1 N–H and O–H groups in total. The van der Waals surface area contributed by atoms with Gasteiger partial charge in [0, 0.05) is 26.4 Å². The molecule has 1 aromatic heterocycles. The summed E-state index contributed by atoms with van der Waals surface area (Å²) in [5, 5.41) is 11.8. The Hall–Kier alpha value is -2.18. The average Bonchev–Trinajstić information content (AvgIpc) is 2.48. The first-order valence-corrected chi connectivity index (χ1v) is 8.73. The number of hydrogen-bond acceptors (Lipinski definition) is 5. The maximum atomic E-state index is 12.2. The highest BCUT2D eigenvalue weighted by Crippen LogP contribution is 2.15. The van der Waals surface area contributed by atoms with E-state index in [1.54, 1.807) is 20.8 Å². The maximum absolute atomic E-state index is 12.2. The van der Waals surface area contributed by atoms with Crippen LogP contribution in [-0.4, -0.2) is 42.8 Å². The van der Waals surface area contributed by atoms with Crippen molar-refractivity contribution in [2.45, 2.75) is 37.8 Å². The van der Waals surface area contributed by atoms with E-state index in [1.165, 1.54) is 20.2 Å². The lowest BCUT2D eigenvalue weighted by Gasteiger charge is -2.27. The molecule has 0 unspecified atom stereocenters. The predicted octanol–water partition coefficient (Wildman–Crippen LogP) is 0.153. The second-order valence-electron chi connectivity index (χ2n) is 6.14. The van der Waals surface area contributed by atoms with E-state index in [9.17, 15) is 23.3 Å². The van der Waals surface area contributed by atoms with Crippen molar-refractivity contribution in [3.63, 3.8) is 0 Å². The van der Waals surface area contributed by atoms with Crippen LogP contribution in [0.3, 0.4) is 0 Å². The smallest absolute Gasteiger partial charge is 0.251 e. The first-order valence-electron chi connectivity index (χ1n) is 7.29. The third-order valence-corrected chi connectivity index (χ3v) is 5.63. The van der Waals surface area contributed by atoms with E-state index in [2.05, 4.69) is 5.32 Å². The lowest BCUT2D eigenvalue weighted by molar-refractivity contribution is -0.123. The molecule has 1 amide bonds. The van der Waals surface area contributed by atoms with Crippen molar-refractivity contribution in [2.24, 2.45) is 5.92 Å². The number of hydrogen-bond donors (Lipinski definition) is 1. The Kier molecular flexibility index (Phi) is 5.92. The standard InChI is InChI=1S/C15H22N4O4S/c1-11(2)15(3,10-16)17-13(20)9-19-8-12(6-7-14(19)21)24(22,23)18(4)5/h6-8,11H,9H2,1-5H3,(H,17,20)/t15-/m0/s1. The van der Waals surface area contributed by atoms with Crippen molar-refractivity contribution >= 4 is 15.9 Å². The van der Waals surface area contributed by atoms with Gasteiger partial charge in [0.15, 0.2) is 0 Å². The van der Waals surface area contributed by atoms with Crippen molar-refractivity contribution < 1.29 is 13.2 Å². The summed E-state index contributed by atoms with van der Waals surface area (Å²) < 4.78 is 26.2. The Bertz CT molecular complexity index is 821. The Morgan fingerprint density at radius 2 is 2.00 bits per heavy atom. The number of nitriles is 1. The van der Waals surface area contributed by atoms with Gasteiger partial charge >= 0.3 is 0 Å². The molecule has 1 heterocycles. The second-order valence-corrected chi connectivity index (χ2v) is 8.29. The van der Waals surface area contributed by atoms with E-state index in [1.807, 2.05) is 6.07 Å². The molecule has 24 heavy (non-hydrogen) atoms. The van der Waals surface area contributed by atoms with Gasteiger partial charge in [0.05, 0.1) is 11.0 Å².